The Kier molecular flexibility index (Phi) is 2.27. The first kappa shape index (κ1) is 9.57. The molecule has 1 heterocycles. The predicted molar refractivity (Wildman–Crippen MR) is 44.6 cm³/mol. The molecule has 13 heavy (non-hydrogen) atoms. The van der Waals surface area contributed by atoms with Crippen LogP contribution in [0.4, 0.5) is 4.79 Å². The van der Waals surface area contributed by atoms with Gasteiger partial charge < -0.3 is 9.15 Å². The van der Waals surface area contributed by atoms with Crippen LogP contribution in [0, 0.1) is 0 Å². The van der Waals surface area contributed by atoms with Crippen molar-refractivity contribution in [3.63, 3.8) is 0 Å². The fraction of sp³-hybridized carbons (Fsp3) is 0.500. The molecular weight excluding hydrogens is 174 g/mol. The van der Waals surface area contributed by atoms with Crippen molar-refractivity contribution in [2.75, 3.05) is 0 Å². The van der Waals surface area contributed by atoms with Gasteiger partial charge in [0.1, 0.15) is 11.9 Å². The zero-order valence-corrected chi connectivity index (χ0v) is 7.73. The Morgan fingerprint density at radius 1 is 1.54 bits per heavy atom. The van der Waals surface area contributed by atoms with Gasteiger partial charge in [0.05, 0.1) is 6.20 Å². The number of carbonyl (C=O) groups is 1. The van der Waals surface area contributed by atoms with E-state index in [9.17, 15) is 9.59 Å². The van der Waals surface area contributed by atoms with Crippen molar-refractivity contribution in [1.82, 2.24) is 4.57 Å². The molecule has 0 atom stereocenters. The van der Waals surface area contributed by atoms with Gasteiger partial charge in [0.15, 0.2) is 0 Å². The SMILES string of the molecule is CC(C)(C)OC(=O)n1ccoc1=O. The molecule has 0 spiro atoms. The first-order valence-electron chi connectivity index (χ1n) is 3.80. The molecule has 72 valence electrons. The number of carbonyl (C=O) groups excluding carboxylic acids is 1. The average Bonchev–Trinajstić information content (AvgIpc) is 2.30. The van der Waals surface area contributed by atoms with Crippen molar-refractivity contribution < 1.29 is 13.9 Å². The molecule has 0 saturated carbocycles. The Hall–Kier alpha value is -1.52. The second-order valence-corrected chi connectivity index (χ2v) is 3.52. The summed E-state index contributed by atoms with van der Waals surface area (Å²) in [5.41, 5.74) is -0.617. The third kappa shape index (κ3) is 2.47. The van der Waals surface area contributed by atoms with E-state index >= 15 is 0 Å². The van der Waals surface area contributed by atoms with E-state index in [1.54, 1.807) is 20.8 Å². The molecule has 0 saturated heterocycles. The summed E-state index contributed by atoms with van der Waals surface area (Å²) in [5, 5.41) is 0. The summed E-state index contributed by atoms with van der Waals surface area (Å²) >= 11 is 0. The van der Waals surface area contributed by atoms with E-state index in [1.807, 2.05) is 0 Å². The van der Waals surface area contributed by atoms with E-state index in [-0.39, 0.29) is 0 Å². The van der Waals surface area contributed by atoms with Gasteiger partial charge in [-0.25, -0.2) is 9.59 Å². The minimum Gasteiger partial charge on any atom is -0.443 e. The van der Waals surface area contributed by atoms with Crippen molar-refractivity contribution in [2.24, 2.45) is 0 Å². The van der Waals surface area contributed by atoms with Gasteiger partial charge in [-0.15, -0.1) is 0 Å². The molecule has 1 rings (SSSR count). The first-order valence-corrected chi connectivity index (χ1v) is 3.80. The molecule has 5 heteroatoms. The lowest BCUT2D eigenvalue weighted by Crippen LogP contribution is -2.31. The molecular formula is C8H11NO4. The number of hydrogen-bond acceptors (Lipinski definition) is 4. The Bertz CT molecular complexity index is 355. The normalized spacial score (nSPS) is 11.3. The molecule has 0 unspecified atom stereocenters. The van der Waals surface area contributed by atoms with Crippen LogP contribution in [0.1, 0.15) is 20.8 Å². The van der Waals surface area contributed by atoms with Crippen LogP contribution in [0.5, 0.6) is 0 Å². The highest BCUT2D eigenvalue weighted by atomic mass is 16.6. The molecule has 0 N–H and O–H groups in total. The van der Waals surface area contributed by atoms with Crippen LogP contribution in [0.2, 0.25) is 0 Å². The summed E-state index contributed by atoms with van der Waals surface area (Å²) < 4.78 is 10.1. The van der Waals surface area contributed by atoms with E-state index in [0.717, 1.165) is 10.8 Å². The molecule has 1 aromatic rings. The standard InChI is InChI=1S/C8H11NO4/c1-8(2,3)13-7(11)9-4-5-12-6(9)10/h4-5H,1-3H3. The molecule has 0 aliphatic carbocycles. The van der Waals surface area contributed by atoms with E-state index in [1.165, 1.54) is 6.20 Å². The highest BCUT2D eigenvalue weighted by Gasteiger charge is 2.19. The van der Waals surface area contributed by atoms with Crippen LogP contribution in [0.25, 0.3) is 0 Å². The molecule has 0 amide bonds. The lowest BCUT2D eigenvalue weighted by Gasteiger charge is -2.18. The van der Waals surface area contributed by atoms with Crippen molar-refractivity contribution in [1.29, 1.82) is 0 Å². The Morgan fingerprint density at radius 3 is 2.54 bits per heavy atom. The van der Waals surface area contributed by atoms with E-state index in [2.05, 4.69) is 4.42 Å². The zero-order chi connectivity index (χ0) is 10.1. The maximum absolute atomic E-state index is 11.2. The predicted octanol–water partition coefficient (Wildman–Crippen LogP) is 1.22. The zero-order valence-electron chi connectivity index (χ0n) is 7.73. The average molecular weight is 185 g/mol. The largest absolute Gasteiger partial charge is 0.443 e. The number of nitrogens with zero attached hydrogens (tertiary/aromatic N) is 1. The van der Waals surface area contributed by atoms with Gasteiger partial charge in [-0.2, -0.15) is 4.57 Å². The third-order valence-corrected chi connectivity index (χ3v) is 1.17. The molecule has 0 aromatic carbocycles. The van der Waals surface area contributed by atoms with Gasteiger partial charge in [0.25, 0.3) is 0 Å². The van der Waals surface area contributed by atoms with Crippen LogP contribution in [-0.4, -0.2) is 16.3 Å². The molecule has 5 nitrogen and oxygen atoms in total. The van der Waals surface area contributed by atoms with Crippen LogP contribution in [0.3, 0.4) is 0 Å². The van der Waals surface area contributed by atoms with Crippen molar-refractivity contribution in [3.05, 3.63) is 23.0 Å². The lowest BCUT2D eigenvalue weighted by atomic mass is 10.2. The maximum Gasteiger partial charge on any atom is 0.428 e. The third-order valence-electron chi connectivity index (χ3n) is 1.17. The molecule has 0 fully saturated rings. The maximum atomic E-state index is 11.2. The first-order chi connectivity index (χ1) is 5.90. The van der Waals surface area contributed by atoms with E-state index in [0.29, 0.717) is 0 Å². The summed E-state index contributed by atoms with van der Waals surface area (Å²) in [6, 6.07) is 0. The molecule has 0 bridgehead atoms. The minimum absolute atomic E-state index is 0.617. The van der Waals surface area contributed by atoms with Gasteiger partial charge in [0.2, 0.25) is 0 Å². The number of hydrogen-bond donors (Lipinski definition) is 0. The summed E-state index contributed by atoms with van der Waals surface area (Å²) in [7, 11) is 0. The number of ether oxygens (including phenoxy) is 1. The smallest absolute Gasteiger partial charge is 0.428 e. The highest BCUT2D eigenvalue weighted by Crippen LogP contribution is 2.07. The van der Waals surface area contributed by atoms with Crippen molar-refractivity contribution in [3.8, 4) is 0 Å². The lowest BCUT2D eigenvalue weighted by molar-refractivity contribution is 0.0525. The highest BCUT2D eigenvalue weighted by molar-refractivity contribution is 5.70. The summed E-state index contributed by atoms with van der Waals surface area (Å²) in [5.74, 6) is -0.741. The number of oxazole rings is 1. The summed E-state index contributed by atoms with van der Waals surface area (Å²) in [6.45, 7) is 5.15. The van der Waals surface area contributed by atoms with Crippen LogP contribution < -0.4 is 5.76 Å². The van der Waals surface area contributed by atoms with Crippen LogP contribution >= 0.6 is 0 Å². The fourth-order valence-corrected chi connectivity index (χ4v) is 0.714. The van der Waals surface area contributed by atoms with Crippen LogP contribution in [-0.2, 0) is 4.74 Å². The van der Waals surface area contributed by atoms with Crippen molar-refractivity contribution >= 4 is 6.09 Å². The van der Waals surface area contributed by atoms with Crippen molar-refractivity contribution in [2.45, 2.75) is 26.4 Å². The van der Waals surface area contributed by atoms with Gasteiger partial charge in [-0.05, 0) is 20.8 Å². The quantitative estimate of drug-likeness (QED) is 0.609. The van der Waals surface area contributed by atoms with Crippen LogP contribution in [0.15, 0.2) is 21.7 Å². The Balaban J connectivity index is 2.82. The molecule has 0 aliphatic heterocycles. The molecule has 1 aromatic heterocycles. The topological polar surface area (TPSA) is 61.4 Å². The van der Waals surface area contributed by atoms with E-state index in [4.69, 9.17) is 4.74 Å². The monoisotopic (exact) mass is 185 g/mol. The minimum atomic E-state index is -0.741. The number of aromatic nitrogens is 1. The summed E-state index contributed by atoms with van der Waals surface area (Å²) in [4.78, 5) is 22.1. The van der Waals surface area contributed by atoms with Gasteiger partial charge in [-0.1, -0.05) is 0 Å². The Labute approximate surface area is 74.9 Å². The second kappa shape index (κ2) is 3.08. The summed E-state index contributed by atoms with van der Waals surface area (Å²) in [6.07, 6.45) is 1.62. The van der Waals surface area contributed by atoms with Gasteiger partial charge in [0, 0.05) is 0 Å². The fourth-order valence-electron chi connectivity index (χ4n) is 0.714. The molecule has 0 radical (unpaired) electrons. The van der Waals surface area contributed by atoms with E-state index < -0.39 is 17.5 Å². The number of rotatable bonds is 0. The van der Waals surface area contributed by atoms with Gasteiger partial charge >= 0.3 is 11.8 Å². The second-order valence-electron chi connectivity index (χ2n) is 3.52. The molecule has 0 aliphatic rings. The van der Waals surface area contributed by atoms with Gasteiger partial charge in [-0.3, -0.25) is 0 Å². The Morgan fingerprint density at radius 2 is 2.15 bits per heavy atom.